The van der Waals surface area contributed by atoms with Gasteiger partial charge in [0, 0.05) is 11.9 Å². The van der Waals surface area contributed by atoms with E-state index in [1.807, 2.05) is 19.1 Å². The molecule has 14 heavy (non-hydrogen) atoms. The third-order valence-corrected chi connectivity index (χ3v) is 1.88. The summed E-state index contributed by atoms with van der Waals surface area (Å²) in [6.45, 7) is 2.15. The van der Waals surface area contributed by atoms with Crippen molar-refractivity contribution in [3.8, 4) is 11.5 Å². The van der Waals surface area contributed by atoms with Crippen LogP contribution in [-0.4, -0.2) is 15.2 Å². The van der Waals surface area contributed by atoms with Crippen LogP contribution in [0.2, 0.25) is 0 Å². The summed E-state index contributed by atoms with van der Waals surface area (Å²) in [5.41, 5.74) is 7.08. The van der Waals surface area contributed by atoms with E-state index in [9.17, 15) is 0 Å². The maximum absolute atomic E-state index is 5.37. The average Bonchev–Trinajstić information content (AvgIpc) is 2.67. The van der Waals surface area contributed by atoms with Gasteiger partial charge in [-0.2, -0.15) is 0 Å². The molecule has 0 amide bonds. The molecule has 2 heterocycles. The fourth-order valence-corrected chi connectivity index (χ4v) is 1.16. The van der Waals surface area contributed by atoms with Gasteiger partial charge in [-0.15, -0.1) is 10.2 Å². The molecule has 0 aliphatic carbocycles. The number of aryl methyl sites for hydroxylation is 1. The Morgan fingerprint density at radius 1 is 1.43 bits per heavy atom. The zero-order valence-electron chi connectivity index (χ0n) is 7.77. The minimum absolute atomic E-state index is 0.256. The standard InChI is InChI=1S/C9H10N4O/c1-6-7(3-2-4-11-6)9-13-12-8(5-10)14-9/h2-4H,5,10H2,1H3. The maximum Gasteiger partial charge on any atom is 0.249 e. The van der Waals surface area contributed by atoms with Crippen molar-refractivity contribution in [1.82, 2.24) is 15.2 Å². The van der Waals surface area contributed by atoms with Gasteiger partial charge in [0.1, 0.15) is 0 Å². The Morgan fingerprint density at radius 2 is 2.29 bits per heavy atom. The van der Waals surface area contributed by atoms with Crippen molar-refractivity contribution in [2.45, 2.75) is 13.5 Å². The van der Waals surface area contributed by atoms with Gasteiger partial charge < -0.3 is 10.2 Å². The van der Waals surface area contributed by atoms with Gasteiger partial charge >= 0.3 is 0 Å². The molecule has 72 valence electrons. The van der Waals surface area contributed by atoms with E-state index in [0.29, 0.717) is 11.8 Å². The highest BCUT2D eigenvalue weighted by molar-refractivity contribution is 5.54. The second kappa shape index (κ2) is 3.55. The number of hydrogen-bond donors (Lipinski definition) is 1. The summed E-state index contributed by atoms with van der Waals surface area (Å²) < 4.78 is 5.31. The summed E-state index contributed by atoms with van der Waals surface area (Å²) in [5, 5.41) is 7.66. The molecule has 0 aliphatic rings. The van der Waals surface area contributed by atoms with Gasteiger partial charge in [-0.05, 0) is 19.1 Å². The molecule has 5 nitrogen and oxygen atoms in total. The van der Waals surface area contributed by atoms with Crippen molar-refractivity contribution in [2.24, 2.45) is 5.73 Å². The first-order valence-corrected chi connectivity index (χ1v) is 4.25. The topological polar surface area (TPSA) is 77.8 Å². The van der Waals surface area contributed by atoms with Crippen LogP contribution in [0.4, 0.5) is 0 Å². The van der Waals surface area contributed by atoms with Crippen molar-refractivity contribution < 1.29 is 4.42 Å². The molecule has 2 rings (SSSR count). The second-order valence-corrected chi connectivity index (χ2v) is 2.84. The monoisotopic (exact) mass is 190 g/mol. The largest absolute Gasteiger partial charge is 0.419 e. The zero-order chi connectivity index (χ0) is 9.97. The molecule has 0 spiro atoms. The molecule has 2 aromatic rings. The lowest BCUT2D eigenvalue weighted by Crippen LogP contribution is -1.95. The Kier molecular flexibility index (Phi) is 2.24. The molecule has 2 N–H and O–H groups in total. The fraction of sp³-hybridized carbons (Fsp3) is 0.222. The Labute approximate surface area is 81.0 Å². The number of pyridine rings is 1. The number of aromatic nitrogens is 3. The third-order valence-electron chi connectivity index (χ3n) is 1.88. The molecule has 0 saturated heterocycles. The molecule has 2 aromatic heterocycles. The summed E-state index contributed by atoms with van der Waals surface area (Å²) in [5.74, 6) is 0.902. The van der Waals surface area contributed by atoms with Crippen LogP contribution in [0.1, 0.15) is 11.6 Å². The highest BCUT2D eigenvalue weighted by Crippen LogP contribution is 2.19. The van der Waals surface area contributed by atoms with Gasteiger partial charge in [0.25, 0.3) is 0 Å². The van der Waals surface area contributed by atoms with Gasteiger partial charge in [-0.1, -0.05) is 0 Å². The van der Waals surface area contributed by atoms with E-state index in [1.54, 1.807) is 6.20 Å². The molecule has 0 fully saturated rings. The first-order chi connectivity index (χ1) is 6.81. The first kappa shape index (κ1) is 8.83. The normalized spacial score (nSPS) is 10.4. The fourth-order valence-electron chi connectivity index (χ4n) is 1.16. The van der Waals surface area contributed by atoms with E-state index in [0.717, 1.165) is 11.3 Å². The van der Waals surface area contributed by atoms with Gasteiger partial charge in [-0.3, -0.25) is 4.98 Å². The van der Waals surface area contributed by atoms with Crippen molar-refractivity contribution in [3.63, 3.8) is 0 Å². The van der Waals surface area contributed by atoms with Crippen molar-refractivity contribution in [3.05, 3.63) is 29.9 Å². The van der Waals surface area contributed by atoms with Crippen LogP contribution in [0.25, 0.3) is 11.5 Å². The molecular weight excluding hydrogens is 180 g/mol. The molecule has 0 saturated carbocycles. The van der Waals surface area contributed by atoms with E-state index in [1.165, 1.54) is 0 Å². The van der Waals surface area contributed by atoms with Crippen LogP contribution >= 0.6 is 0 Å². The quantitative estimate of drug-likeness (QED) is 0.761. The van der Waals surface area contributed by atoms with Crippen LogP contribution in [0, 0.1) is 6.92 Å². The Balaban J connectivity index is 2.44. The predicted molar refractivity (Wildman–Crippen MR) is 50.2 cm³/mol. The summed E-state index contributed by atoms with van der Waals surface area (Å²) in [6.07, 6.45) is 1.72. The smallest absolute Gasteiger partial charge is 0.249 e. The van der Waals surface area contributed by atoms with Crippen LogP contribution in [0.3, 0.4) is 0 Å². The highest BCUT2D eigenvalue weighted by atomic mass is 16.4. The average molecular weight is 190 g/mol. The summed E-state index contributed by atoms with van der Waals surface area (Å²) in [4.78, 5) is 4.13. The van der Waals surface area contributed by atoms with Gasteiger partial charge in [0.15, 0.2) is 0 Å². The van der Waals surface area contributed by atoms with Crippen LogP contribution in [0.5, 0.6) is 0 Å². The summed E-state index contributed by atoms with van der Waals surface area (Å²) in [7, 11) is 0. The molecular formula is C9H10N4O. The van der Waals surface area contributed by atoms with Crippen LogP contribution in [0.15, 0.2) is 22.7 Å². The first-order valence-electron chi connectivity index (χ1n) is 4.25. The van der Waals surface area contributed by atoms with E-state index in [4.69, 9.17) is 10.2 Å². The number of nitrogens with two attached hydrogens (primary N) is 1. The summed E-state index contributed by atoms with van der Waals surface area (Å²) in [6, 6.07) is 3.71. The Morgan fingerprint density at radius 3 is 2.93 bits per heavy atom. The predicted octanol–water partition coefficient (Wildman–Crippen LogP) is 0.899. The number of rotatable bonds is 2. The van der Waals surface area contributed by atoms with Crippen molar-refractivity contribution >= 4 is 0 Å². The zero-order valence-corrected chi connectivity index (χ0v) is 7.77. The van der Waals surface area contributed by atoms with Crippen LogP contribution < -0.4 is 5.73 Å². The second-order valence-electron chi connectivity index (χ2n) is 2.84. The SMILES string of the molecule is Cc1ncccc1-c1nnc(CN)o1. The van der Waals surface area contributed by atoms with Crippen LogP contribution in [-0.2, 0) is 6.54 Å². The van der Waals surface area contributed by atoms with Gasteiger partial charge in [0.2, 0.25) is 11.8 Å². The highest BCUT2D eigenvalue weighted by Gasteiger charge is 2.09. The van der Waals surface area contributed by atoms with Crippen molar-refractivity contribution in [1.29, 1.82) is 0 Å². The molecule has 0 unspecified atom stereocenters. The molecule has 0 radical (unpaired) electrons. The minimum Gasteiger partial charge on any atom is -0.419 e. The van der Waals surface area contributed by atoms with E-state index < -0.39 is 0 Å². The van der Waals surface area contributed by atoms with E-state index in [-0.39, 0.29) is 6.54 Å². The van der Waals surface area contributed by atoms with E-state index >= 15 is 0 Å². The molecule has 0 aliphatic heterocycles. The Hall–Kier alpha value is -1.75. The molecule has 0 aromatic carbocycles. The number of nitrogens with zero attached hydrogens (tertiary/aromatic N) is 3. The number of hydrogen-bond acceptors (Lipinski definition) is 5. The lowest BCUT2D eigenvalue weighted by molar-refractivity contribution is 0.508. The van der Waals surface area contributed by atoms with E-state index in [2.05, 4.69) is 15.2 Å². The lowest BCUT2D eigenvalue weighted by atomic mass is 10.2. The van der Waals surface area contributed by atoms with Gasteiger partial charge in [0.05, 0.1) is 12.1 Å². The molecule has 5 heteroatoms. The summed E-state index contributed by atoms with van der Waals surface area (Å²) >= 11 is 0. The molecule has 0 bridgehead atoms. The maximum atomic E-state index is 5.37. The molecule has 0 atom stereocenters. The van der Waals surface area contributed by atoms with Gasteiger partial charge in [-0.25, -0.2) is 0 Å². The van der Waals surface area contributed by atoms with Crippen molar-refractivity contribution in [2.75, 3.05) is 0 Å². The Bertz CT molecular complexity index is 438. The lowest BCUT2D eigenvalue weighted by Gasteiger charge is -1.97. The third kappa shape index (κ3) is 1.49. The minimum atomic E-state index is 0.256.